The second-order valence-corrected chi connectivity index (χ2v) is 8.80. The summed E-state index contributed by atoms with van der Waals surface area (Å²) in [6.45, 7) is 0. The summed E-state index contributed by atoms with van der Waals surface area (Å²) in [5.74, 6) is 0.198. The standard InChI is InChI=1S/C26H19N4O5S.2Na/c31-23-12-8-21(9-13-23)28-27-20-6-3-18(4-7-20)1-2-19-5-16-25(26(17-19)36(33,34)35)30-29-22-10-14-24(32)15-11-22;;/h1-6,8-17,31-32H,(H,33,34,35);;/q-1;2*+1/p-1/b2-1+,28-27?,30-29?;;. The van der Waals surface area contributed by atoms with Crippen LogP contribution in [-0.2, 0) is 10.1 Å². The van der Waals surface area contributed by atoms with Gasteiger partial charge in [0.15, 0.2) is 0 Å². The number of hydrogen-bond donors (Lipinski definition) is 2. The van der Waals surface area contributed by atoms with Crippen LogP contribution in [0.4, 0.5) is 22.7 Å². The molecule has 180 valence electrons. The zero-order chi connectivity index (χ0) is 25.5. The average Bonchev–Trinajstić information content (AvgIpc) is 2.87. The van der Waals surface area contributed by atoms with E-state index in [4.69, 9.17) is 0 Å². The maximum atomic E-state index is 11.8. The third-order valence-electron chi connectivity index (χ3n) is 4.79. The molecule has 9 nitrogen and oxygen atoms in total. The van der Waals surface area contributed by atoms with Crippen molar-refractivity contribution < 1.29 is 82.3 Å². The number of aromatic hydroxyl groups is 2. The summed E-state index contributed by atoms with van der Waals surface area (Å²) in [5.41, 5.74) is 2.62. The van der Waals surface area contributed by atoms with Gasteiger partial charge in [-0.3, -0.25) is 0 Å². The number of hydrogen-bond acceptors (Lipinski definition) is 9. The summed E-state index contributed by atoms with van der Waals surface area (Å²) in [7, 11) is -4.81. The van der Waals surface area contributed by atoms with E-state index in [-0.39, 0.29) is 76.3 Å². The Labute approximate surface area is 264 Å². The molecule has 38 heavy (non-hydrogen) atoms. The van der Waals surface area contributed by atoms with E-state index in [1.54, 1.807) is 48.6 Å². The van der Waals surface area contributed by atoms with E-state index in [2.05, 4.69) is 26.5 Å². The Hall–Kier alpha value is -2.67. The molecule has 2 N–H and O–H groups in total. The molecule has 4 aromatic carbocycles. The van der Waals surface area contributed by atoms with E-state index >= 15 is 0 Å². The second-order valence-electron chi connectivity index (χ2n) is 7.45. The molecule has 0 aliphatic rings. The zero-order valence-electron chi connectivity index (χ0n) is 20.6. The van der Waals surface area contributed by atoms with E-state index in [9.17, 15) is 23.2 Å². The first kappa shape index (κ1) is 31.5. The van der Waals surface area contributed by atoms with Crippen molar-refractivity contribution in [1.29, 1.82) is 0 Å². The minimum Gasteiger partial charge on any atom is -0.744 e. The summed E-state index contributed by atoms with van der Waals surface area (Å²) in [6.07, 6.45) is 3.38. The van der Waals surface area contributed by atoms with Gasteiger partial charge in [0, 0.05) is 0 Å². The maximum absolute atomic E-state index is 11.8. The second kappa shape index (κ2) is 14.5. The molecule has 0 saturated carbocycles. The molecular formula is C26H18N4Na2O5S. The molecule has 12 heteroatoms. The molecule has 0 unspecified atom stereocenters. The van der Waals surface area contributed by atoms with Crippen LogP contribution < -0.4 is 59.1 Å². The number of benzene rings is 4. The zero-order valence-corrected chi connectivity index (χ0v) is 25.4. The molecule has 0 aliphatic carbocycles. The predicted octanol–water partition coefficient (Wildman–Crippen LogP) is 0.811. The number of phenols is 2. The van der Waals surface area contributed by atoms with Crippen LogP contribution in [0, 0.1) is 6.07 Å². The minimum absolute atomic E-state index is 0. The van der Waals surface area contributed by atoms with Crippen LogP contribution in [-0.4, -0.2) is 23.2 Å². The van der Waals surface area contributed by atoms with Crippen molar-refractivity contribution in [2.24, 2.45) is 20.5 Å². The molecular weight excluding hydrogens is 526 g/mol. The van der Waals surface area contributed by atoms with Crippen molar-refractivity contribution in [1.82, 2.24) is 0 Å². The van der Waals surface area contributed by atoms with Crippen LogP contribution in [0.1, 0.15) is 11.1 Å². The van der Waals surface area contributed by atoms with Crippen molar-refractivity contribution in [3.05, 3.63) is 102 Å². The normalized spacial score (nSPS) is 11.5. The number of phenolic OH excluding ortho intramolecular Hbond substituents is 2. The fourth-order valence-electron chi connectivity index (χ4n) is 2.97. The van der Waals surface area contributed by atoms with Gasteiger partial charge in [0.1, 0.15) is 27.3 Å². The van der Waals surface area contributed by atoms with Crippen LogP contribution in [0.15, 0.2) is 110 Å². The molecule has 0 fully saturated rings. The van der Waals surface area contributed by atoms with Gasteiger partial charge >= 0.3 is 59.1 Å². The number of nitrogens with zero attached hydrogens (tertiary/aromatic N) is 4. The third-order valence-corrected chi connectivity index (χ3v) is 5.65. The monoisotopic (exact) mass is 544 g/mol. The summed E-state index contributed by atoms with van der Waals surface area (Å²) in [5, 5.41) is 34.6. The first-order valence-electron chi connectivity index (χ1n) is 10.5. The average molecular weight is 545 g/mol. The van der Waals surface area contributed by atoms with Crippen LogP contribution in [0.25, 0.3) is 12.2 Å². The van der Waals surface area contributed by atoms with Gasteiger partial charge in [-0.25, -0.2) is 8.42 Å². The van der Waals surface area contributed by atoms with Crippen molar-refractivity contribution in [2.75, 3.05) is 0 Å². The molecule has 0 aromatic heterocycles. The van der Waals surface area contributed by atoms with E-state index in [1.807, 2.05) is 0 Å². The number of rotatable bonds is 7. The largest absolute Gasteiger partial charge is 1.00 e. The fraction of sp³-hybridized carbons (Fsp3) is 0. The van der Waals surface area contributed by atoms with E-state index < -0.39 is 15.0 Å². The van der Waals surface area contributed by atoms with Gasteiger partial charge in [0.25, 0.3) is 0 Å². The van der Waals surface area contributed by atoms with Gasteiger partial charge in [-0.1, -0.05) is 12.1 Å². The summed E-state index contributed by atoms with van der Waals surface area (Å²) in [6, 6.07) is 24.5. The molecule has 4 rings (SSSR count). The Morgan fingerprint density at radius 1 is 0.684 bits per heavy atom. The molecule has 0 amide bonds. The molecule has 0 atom stereocenters. The molecule has 4 aromatic rings. The Balaban J connectivity index is 0.00000253. The van der Waals surface area contributed by atoms with E-state index in [0.29, 0.717) is 22.6 Å². The summed E-state index contributed by atoms with van der Waals surface area (Å²) >= 11 is 0. The molecule has 0 bridgehead atoms. The molecule has 0 spiro atoms. The molecule has 0 heterocycles. The quantitative estimate of drug-likeness (QED) is 0.116. The Morgan fingerprint density at radius 2 is 1.21 bits per heavy atom. The van der Waals surface area contributed by atoms with Gasteiger partial charge in [-0.2, -0.15) is 33.5 Å². The van der Waals surface area contributed by atoms with Gasteiger partial charge in [0.05, 0.1) is 16.3 Å². The smallest absolute Gasteiger partial charge is 0.744 e. The summed E-state index contributed by atoms with van der Waals surface area (Å²) in [4.78, 5) is -0.497. The van der Waals surface area contributed by atoms with Crippen molar-refractivity contribution in [2.45, 2.75) is 4.90 Å². The molecule has 0 aliphatic heterocycles. The van der Waals surface area contributed by atoms with E-state index in [0.717, 1.165) is 5.56 Å². The van der Waals surface area contributed by atoms with E-state index in [1.165, 1.54) is 48.5 Å². The predicted molar refractivity (Wildman–Crippen MR) is 133 cm³/mol. The van der Waals surface area contributed by atoms with Crippen LogP contribution >= 0.6 is 0 Å². The van der Waals surface area contributed by atoms with Gasteiger partial charge < -0.3 is 14.8 Å². The maximum Gasteiger partial charge on any atom is 1.00 e. The SMILES string of the molecule is O=S(=O)([O-])c1cc(/C=C/c2c[c-]c(N=Nc3ccc(O)cc3)cc2)ccc1N=Nc1ccc(O)cc1.[Na+].[Na+]. The van der Waals surface area contributed by atoms with Gasteiger partial charge in [0.2, 0.25) is 0 Å². The van der Waals surface area contributed by atoms with Crippen LogP contribution in [0.2, 0.25) is 0 Å². The first-order chi connectivity index (χ1) is 17.3. The Kier molecular flexibility index (Phi) is 12.0. The third kappa shape index (κ3) is 9.26. The van der Waals surface area contributed by atoms with Crippen LogP contribution in [0.3, 0.4) is 0 Å². The van der Waals surface area contributed by atoms with Crippen molar-refractivity contribution >= 4 is 45.0 Å². The molecule has 0 saturated heterocycles. The topological polar surface area (TPSA) is 147 Å². The first-order valence-corrected chi connectivity index (χ1v) is 11.9. The minimum atomic E-state index is -4.81. The fourth-order valence-corrected chi connectivity index (χ4v) is 3.61. The number of azo groups is 2. The van der Waals surface area contributed by atoms with Crippen molar-refractivity contribution in [3.8, 4) is 11.5 Å². The molecule has 0 radical (unpaired) electrons. The van der Waals surface area contributed by atoms with Crippen molar-refractivity contribution in [3.63, 3.8) is 0 Å². The Morgan fingerprint density at radius 3 is 1.74 bits per heavy atom. The van der Waals surface area contributed by atoms with Gasteiger partial charge in [-0.05, 0) is 71.9 Å². The van der Waals surface area contributed by atoms with Gasteiger partial charge in [-0.15, -0.1) is 22.8 Å². The Bertz CT molecular complexity index is 1560. The summed E-state index contributed by atoms with van der Waals surface area (Å²) < 4.78 is 35.4. The van der Waals surface area contributed by atoms with Crippen LogP contribution in [0.5, 0.6) is 11.5 Å².